The number of rotatable bonds is 11. The van der Waals surface area contributed by atoms with Crippen LogP contribution >= 0.6 is 0 Å². The van der Waals surface area contributed by atoms with Gasteiger partial charge in [0.2, 0.25) is 26.0 Å². The van der Waals surface area contributed by atoms with Crippen molar-refractivity contribution in [1.29, 1.82) is 0 Å². The SMILES string of the molecule is Cc1ccc(S(=O)(=O)N(CCc2ccccc2)CC(=O)NCc2ccc(S(=O)(=O)N3CCOCC3)cc2)cc1. The molecule has 1 saturated heterocycles. The van der Waals surface area contributed by atoms with Crippen molar-refractivity contribution >= 4 is 26.0 Å². The van der Waals surface area contributed by atoms with Gasteiger partial charge in [0.15, 0.2) is 0 Å². The van der Waals surface area contributed by atoms with Crippen molar-refractivity contribution in [2.75, 3.05) is 39.4 Å². The highest BCUT2D eigenvalue weighted by Gasteiger charge is 2.27. The molecular formula is C28H33N3O6S2. The predicted octanol–water partition coefficient (Wildman–Crippen LogP) is 2.57. The van der Waals surface area contributed by atoms with E-state index in [1.54, 1.807) is 36.4 Å². The number of sulfonamides is 2. The average Bonchev–Trinajstić information content (AvgIpc) is 2.95. The minimum absolute atomic E-state index is 0.131. The summed E-state index contributed by atoms with van der Waals surface area (Å²) in [7, 11) is -7.51. The maximum Gasteiger partial charge on any atom is 0.243 e. The Morgan fingerprint density at radius 1 is 0.846 bits per heavy atom. The monoisotopic (exact) mass is 571 g/mol. The molecule has 0 aliphatic carbocycles. The van der Waals surface area contributed by atoms with Crippen LogP contribution in [0.4, 0.5) is 0 Å². The minimum atomic E-state index is -3.91. The number of carbonyl (C=O) groups is 1. The summed E-state index contributed by atoms with van der Waals surface area (Å²) in [6.45, 7) is 3.17. The minimum Gasteiger partial charge on any atom is -0.379 e. The highest BCUT2D eigenvalue weighted by atomic mass is 32.2. The van der Waals surface area contributed by atoms with Gasteiger partial charge in [0.05, 0.1) is 29.5 Å². The summed E-state index contributed by atoms with van der Waals surface area (Å²) in [5.74, 6) is -0.455. The largest absolute Gasteiger partial charge is 0.379 e. The van der Waals surface area contributed by atoms with Crippen LogP contribution < -0.4 is 5.32 Å². The highest BCUT2D eigenvalue weighted by Crippen LogP contribution is 2.19. The van der Waals surface area contributed by atoms with E-state index in [9.17, 15) is 21.6 Å². The van der Waals surface area contributed by atoms with E-state index in [4.69, 9.17) is 4.74 Å². The number of ether oxygens (including phenoxy) is 1. The van der Waals surface area contributed by atoms with E-state index in [1.807, 2.05) is 37.3 Å². The molecule has 0 aromatic heterocycles. The van der Waals surface area contributed by atoms with Gasteiger partial charge in [-0.15, -0.1) is 0 Å². The van der Waals surface area contributed by atoms with E-state index >= 15 is 0 Å². The maximum atomic E-state index is 13.4. The summed E-state index contributed by atoms with van der Waals surface area (Å²) in [5, 5.41) is 2.76. The fourth-order valence-corrected chi connectivity index (χ4v) is 6.98. The normalized spacial score (nSPS) is 14.8. The zero-order valence-electron chi connectivity index (χ0n) is 21.8. The van der Waals surface area contributed by atoms with Crippen LogP contribution in [-0.2, 0) is 42.5 Å². The lowest BCUT2D eigenvalue weighted by Gasteiger charge is -2.26. The van der Waals surface area contributed by atoms with E-state index < -0.39 is 26.0 Å². The maximum absolute atomic E-state index is 13.4. The Balaban J connectivity index is 1.41. The lowest BCUT2D eigenvalue weighted by Crippen LogP contribution is -2.41. The topological polar surface area (TPSA) is 113 Å². The molecule has 39 heavy (non-hydrogen) atoms. The zero-order valence-corrected chi connectivity index (χ0v) is 23.5. The van der Waals surface area contributed by atoms with Gasteiger partial charge in [0.25, 0.3) is 0 Å². The summed E-state index contributed by atoms with van der Waals surface area (Å²) in [4.78, 5) is 13.2. The standard InChI is InChI=1S/C28H33N3O6S2/c1-23-7-11-26(12-8-23)39(35,36)31(16-15-24-5-3-2-4-6-24)22-28(32)29-21-25-9-13-27(14-10-25)38(33,34)30-17-19-37-20-18-30/h2-14H,15-22H2,1H3,(H,29,32). The summed E-state index contributed by atoms with van der Waals surface area (Å²) < 4.78 is 60.3. The summed E-state index contributed by atoms with van der Waals surface area (Å²) in [5.41, 5.74) is 2.60. The van der Waals surface area contributed by atoms with E-state index in [1.165, 1.54) is 20.7 Å². The van der Waals surface area contributed by atoms with Crippen LogP contribution in [0.15, 0.2) is 88.7 Å². The smallest absolute Gasteiger partial charge is 0.243 e. The van der Waals surface area contributed by atoms with Crippen LogP contribution in [0.1, 0.15) is 16.7 Å². The first-order chi connectivity index (χ1) is 18.7. The van der Waals surface area contributed by atoms with Crippen molar-refractivity contribution < 1.29 is 26.4 Å². The number of aryl methyl sites for hydroxylation is 1. The Morgan fingerprint density at radius 2 is 1.46 bits per heavy atom. The number of carbonyl (C=O) groups excluding carboxylic acids is 1. The van der Waals surface area contributed by atoms with Gasteiger partial charge < -0.3 is 10.1 Å². The predicted molar refractivity (Wildman–Crippen MR) is 148 cm³/mol. The van der Waals surface area contributed by atoms with Gasteiger partial charge in [-0.1, -0.05) is 60.2 Å². The Labute approximate surface area is 230 Å². The molecule has 208 valence electrons. The zero-order chi connectivity index (χ0) is 27.9. The number of morpholine rings is 1. The van der Waals surface area contributed by atoms with Crippen molar-refractivity contribution in [2.45, 2.75) is 29.7 Å². The Hall–Kier alpha value is -3.09. The highest BCUT2D eigenvalue weighted by molar-refractivity contribution is 7.89. The summed E-state index contributed by atoms with van der Waals surface area (Å²) in [6.07, 6.45) is 0.457. The molecule has 9 nitrogen and oxygen atoms in total. The van der Waals surface area contributed by atoms with Gasteiger partial charge in [-0.05, 0) is 48.7 Å². The fourth-order valence-electron chi connectivity index (χ4n) is 4.17. The van der Waals surface area contributed by atoms with Crippen molar-refractivity contribution in [2.24, 2.45) is 0 Å². The first-order valence-electron chi connectivity index (χ1n) is 12.7. The van der Waals surface area contributed by atoms with Crippen LogP contribution in [0.25, 0.3) is 0 Å². The third-order valence-corrected chi connectivity index (χ3v) is 10.3. The Morgan fingerprint density at radius 3 is 2.10 bits per heavy atom. The van der Waals surface area contributed by atoms with Crippen LogP contribution in [0.3, 0.4) is 0 Å². The van der Waals surface area contributed by atoms with E-state index in [-0.39, 0.29) is 29.4 Å². The quantitative estimate of drug-likeness (QED) is 0.379. The molecule has 1 heterocycles. The lowest BCUT2D eigenvalue weighted by atomic mass is 10.1. The number of benzene rings is 3. The molecule has 3 aromatic rings. The third kappa shape index (κ3) is 7.52. The molecule has 1 fully saturated rings. The number of hydrogen-bond acceptors (Lipinski definition) is 6. The van der Waals surface area contributed by atoms with Gasteiger partial charge >= 0.3 is 0 Å². The fraction of sp³-hybridized carbons (Fsp3) is 0.321. The van der Waals surface area contributed by atoms with Crippen molar-refractivity contribution in [3.8, 4) is 0 Å². The Bertz CT molecular complexity index is 1450. The van der Waals surface area contributed by atoms with Crippen LogP contribution in [-0.4, -0.2) is 70.7 Å². The van der Waals surface area contributed by atoms with Crippen molar-refractivity contribution in [3.05, 3.63) is 95.6 Å². The molecule has 11 heteroatoms. The van der Waals surface area contributed by atoms with E-state index in [2.05, 4.69) is 5.32 Å². The van der Waals surface area contributed by atoms with Gasteiger partial charge in [-0.2, -0.15) is 8.61 Å². The molecule has 1 amide bonds. The molecule has 4 rings (SSSR count). The summed E-state index contributed by atoms with van der Waals surface area (Å²) >= 11 is 0. The first kappa shape index (κ1) is 28.9. The first-order valence-corrected chi connectivity index (χ1v) is 15.6. The van der Waals surface area contributed by atoms with Gasteiger partial charge in [-0.25, -0.2) is 16.8 Å². The third-order valence-electron chi connectivity index (χ3n) is 6.49. The van der Waals surface area contributed by atoms with Crippen LogP contribution in [0, 0.1) is 6.92 Å². The molecule has 0 radical (unpaired) electrons. The van der Waals surface area contributed by atoms with Crippen molar-refractivity contribution in [1.82, 2.24) is 13.9 Å². The molecule has 0 saturated carbocycles. The molecule has 1 aliphatic heterocycles. The lowest BCUT2D eigenvalue weighted by molar-refractivity contribution is -0.121. The van der Waals surface area contributed by atoms with E-state index in [0.717, 1.165) is 11.1 Å². The Kier molecular flexibility index (Phi) is 9.52. The van der Waals surface area contributed by atoms with Gasteiger partial charge in [-0.3, -0.25) is 4.79 Å². The molecule has 0 unspecified atom stereocenters. The molecule has 3 aromatic carbocycles. The number of hydrogen-bond donors (Lipinski definition) is 1. The summed E-state index contributed by atoms with van der Waals surface area (Å²) in [6, 6.07) is 22.4. The van der Waals surface area contributed by atoms with Gasteiger partial charge in [0.1, 0.15) is 0 Å². The molecule has 0 bridgehead atoms. The molecule has 0 spiro atoms. The second-order valence-electron chi connectivity index (χ2n) is 9.32. The van der Waals surface area contributed by atoms with Crippen molar-refractivity contribution in [3.63, 3.8) is 0 Å². The number of nitrogens with one attached hydrogen (secondary N) is 1. The average molecular weight is 572 g/mol. The molecular weight excluding hydrogens is 538 g/mol. The van der Waals surface area contributed by atoms with E-state index in [0.29, 0.717) is 38.3 Å². The van der Waals surface area contributed by atoms with Gasteiger partial charge in [0, 0.05) is 26.2 Å². The second-order valence-corrected chi connectivity index (χ2v) is 13.2. The molecule has 1 N–H and O–H groups in total. The number of amides is 1. The molecule has 0 atom stereocenters. The number of nitrogens with zero attached hydrogens (tertiary/aromatic N) is 2. The van der Waals surface area contributed by atoms with Crippen LogP contribution in [0.5, 0.6) is 0 Å². The molecule has 1 aliphatic rings. The van der Waals surface area contributed by atoms with Crippen LogP contribution in [0.2, 0.25) is 0 Å². The second kappa shape index (κ2) is 12.8.